The highest BCUT2D eigenvalue weighted by Gasteiger charge is 2.01. The molecule has 3 heteroatoms. The Labute approximate surface area is 88.4 Å². The van der Waals surface area contributed by atoms with Crippen LogP contribution >= 0.6 is 0 Å². The molecular formula is C12H14N2O. The number of nitrogens with zero attached hydrogens (tertiary/aromatic N) is 2. The van der Waals surface area contributed by atoms with Crippen LogP contribution in [-0.2, 0) is 6.54 Å². The highest BCUT2D eigenvalue weighted by Crippen LogP contribution is 2.09. The summed E-state index contributed by atoms with van der Waals surface area (Å²) < 4.78 is 1.80. The monoisotopic (exact) mass is 202 g/mol. The van der Waals surface area contributed by atoms with Crippen LogP contribution in [0.15, 0.2) is 35.4 Å². The van der Waals surface area contributed by atoms with Crippen LogP contribution in [0.25, 0.3) is 10.9 Å². The molecule has 2 heterocycles. The predicted octanol–water partition coefficient (Wildman–Crippen LogP) is 2.20. The minimum absolute atomic E-state index is 0.0592. The van der Waals surface area contributed by atoms with Crippen LogP contribution in [0.5, 0.6) is 0 Å². The number of aromatic nitrogens is 2. The quantitative estimate of drug-likeness (QED) is 0.764. The van der Waals surface area contributed by atoms with Gasteiger partial charge in [0.1, 0.15) is 0 Å². The summed E-state index contributed by atoms with van der Waals surface area (Å²) in [7, 11) is 0. The number of aryl methyl sites for hydroxylation is 1. The summed E-state index contributed by atoms with van der Waals surface area (Å²) in [6, 6.07) is 5.40. The molecule has 2 aromatic rings. The van der Waals surface area contributed by atoms with Gasteiger partial charge >= 0.3 is 0 Å². The lowest BCUT2D eigenvalue weighted by molar-refractivity contribution is 0.631. The summed E-state index contributed by atoms with van der Waals surface area (Å²) >= 11 is 0. The Balaban J connectivity index is 2.58. The number of pyridine rings is 2. The van der Waals surface area contributed by atoms with E-state index in [0.717, 1.165) is 30.3 Å². The fourth-order valence-corrected chi connectivity index (χ4v) is 1.68. The maximum absolute atomic E-state index is 11.7. The lowest BCUT2D eigenvalue weighted by Crippen LogP contribution is -2.19. The normalized spacial score (nSPS) is 10.7. The summed E-state index contributed by atoms with van der Waals surface area (Å²) in [5.41, 5.74) is 0.988. The first-order chi connectivity index (χ1) is 7.33. The minimum Gasteiger partial charge on any atom is -0.307 e. The molecular weight excluding hydrogens is 188 g/mol. The Morgan fingerprint density at radius 3 is 3.00 bits per heavy atom. The molecule has 0 aliphatic heterocycles. The first-order valence-electron chi connectivity index (χ1n) is 5.26. The second-order valence-electron chi connectivity index (χ2n) is 3.61. The molecule has 0 spiro atoms. The Kier molecular flexibility index (Phi) is 2.81. The maximum Gasteiger partial charge on any atom is 0.251 e. The third-order valence-corrected chi connectivity index (χ3v) is 2.53. The molecule has 2 aromatic heterocycles. The molecule has 0 aliphatic carbocycles. The molecule has 0 fully saturated rings. The van der Waals surface area contributed by atoms with Crippen molar-refractivity contribution in [3.8, 4) is 0 Å². The van der Waals surface area contributed by atoms with Crippen molar-refractivity contribution in [3.05, 3.63) is 40.9 Å². The molecule has 0 aromatic carbocycles. The van der Waals surface area contributed by atoms with Crippen LogP contribution in [0.2, 0.25) is 0 Å². The Hall–Kier alpha value is -1.64. The fraction of sp³-hybridized carbons (Fsp3) is 0.333. The van der Waals surface area contributed by atoms with Gasteiger partial charge in [-0.25, -0.2) is 0 Å². The second kappa shape index (κ2) is 4.26. The topological polar surface area (TPSA) is 34.9 Å². The average molecular weight is 202 g/mol. The van der Waals surface area contributed by atoms with Crippen LogP contribution in [-0.4, -0.2) is 9.55 Å². The third kappa shape index (κ3) is 1.91. The molecule has 0 saturated carbocycles. The molecule has 0 aliphatic rings. The first kappa shape index (κ1) is 9.90. The molecule has 78 valence electrons. The van der Waals surface area contributed by atoms with Crippen molar-refractivity contribution in [2.75, 3.05) is 0 Å². The first-order valence-corrected chi connectivity index (χ1v) is 5.26. The highest BCUT2D eigenvalue weighted by atomic mass is 16.1. The van der Waals surface area contributed by atoms with E-state index >= 15 is 0 Å². The van der Waals surface area contributed by atoms with Gasteiger partial charge in [-0.15, -0.1) is 0 Å². The summed E-state index contributed by atoms with van der Waals surface area (Å²) in [4.78, 5) is 15.7. The minimum atomic E-state index is 0.0592. The Morgan fingerprint density at radius 2 is 2.20 bits per heavy atom. The standard InChI is InChI=1S/C12H14N2O/c1-2-3-8-14-11-9-13-7-6-10(11)4-5-12(14)15/h4-7,9H,2-3,8H2,1H3. The van der Waals surface area contributed by atoms with Crippen molar-refractivity contribution in [2.45, 2.75) is 26.3 Å². The molecule has 15 heavy (non-hydrogen) atoms. The van der Waals surface area contributed by atoms with Crippen LogP contribution in [0.1, 0.15) is 19.8 Å². The number of hydrogen-bond acceptors (Lipinski definition) is 2. The van der Waals surface area contributed by atoms with Crippen LogP contribution in [0.4, 0.5) is 0 Å². The van der Waals surface area contributed by atoms with Gasteiger partial charge in [0.15, 0.2) is 0 Å². The second-order valence-corrected chi connectivity index (χ2v) is 3.61. The van der Waals surface area contributed by atoms with Gasteiger partial charge in [0.25, 0.3) is 5.56 Å². The van der Waals surface area contributed by atoms with E-state index in [2.05, 4.69) is 11.9 Å². The summed E-state index contributed by atoms with van der Waals surface area (Å²) in [5.74, 6) is 0. The van der Waals surface area contributed by atoms with E-state index in [0.29, 0.717) is 0 Å². The molecule has 0 amide bonds. The van der Waals surface area contributed by atoms with Gasteiger partial charge in [0, 0.05) is 24.2 Å². The third-order valence-electron chi connectivity index (χ3n) is 2.53. The van der Waals surface area contributed by atoms with E-state index in [-0.39, 0.29) is 5.56 Å². The lowest BCUT2D eigenvalue weighted by Gasteiger charge is -2.08. The van der Waals surface area contributed by atoms with Gasteiger partial charge in [-0.05, 0) is 18.6 Å². The largest absolute Gasteiger partial charge is 0.307 e. The van der Waals surface area contributed by atoms with Crippen LogP contribution < -0.4 is 5.56 Å². The number of unbranched alkanes of at least 4 members (excludes halogenated alkanes) is 1. The van der Waals surface area contributed by atoms with Gasteiger partial charge in [-0.3, -0.25) is 9.78 Å². The fourth-order valence-electron chi connectivity index (χ4n) is 1.68. The number of rotatable bonds is 3. The van der Waals surface area contributed by atoms with E-state index in [1.165, 1.54) is 0 Å². The van der Waals surface area contributed by atoms with Crippen LogP contribution in [0, 0.1) is 0 Å². The van der Waals surface area contributed by atoms with Crippen molar-refractivity contribution in [1.29, 1.82) is 0 Å². The Morgan fingerprint density at radius 1 is 1.33 bits per heavy atom. The summed E-state index contributed by atoms with van der Waals surface area (Å²) in [5, 5.41) is 1.07. The van der Waals surface area contributed by atoms with Gasteiger partial charge in [0.2, 0.25) is 0 Å². The van der Waals surface area contributed by atoms with Gasteiger partial charge < -0.3 is 4.57 Å². The molecule has 0 radical (unpaired) electrons. The van der Waals surface area contributed by atoms with Crippen molar-refractivity contribution in [2.24, 2.45) is 0 Å². The lowest BCUT2D eigenvalue weighted by atomic mass is 10.2. The van der Waals surface area contributed by atoms with E-state index < -0.39 is 0 Å². The van der Waals surface area contributed by atoms with E-state index in [1.807, 2.05) is 12.1 Å². The van der Waals surface area contributed by atoms with Gasteiger partial charge in [-0.2, -0.15) is 0 Å². The molecule has 0 atom stereocenters. The zero-order chi connectivity index (χ0) is 10.7. The molecule has 3 nitrogen and oxygen atoms in total. The van der Waals surface area contributed by atoms with E-state index in [4.69, 9.17) is 0 Å². The zero-order valence-electron chi connectivity index (χ0n) is 8.81. The van der Waals surface area contributed by atoms with Crippen molar-refractivity contribution < 1.29 is 0 Å². The highest BCUT2D eigenvalue weighted by molar-refractivity contribution is 5.77. The predicted molar refractivity (Wildman–Crippen MR) is 60.9 cm³/mol. The van der Waals surface area contributed by atoms with Crippen molar-refractivity contribution >= 4 is 10.9 Å². The molecule has 0 unspecified atom stereocenters. The molecule has 0 bridgehead atoms. The summed E-state index contributed by atoms with van der Waals surface area (Å²) in [6.07, 6.45) is 5.61. The molecule has 0 saturated heterocycles. The molecule has 2 rings (SSSR count). The van der Waals surface area contributed by atoms with Crippen molar-refractivity contribution in [3.63, 3.8) is 0 Å². The summed E-state index contributed by atoms with van der Waals surface area (Å²) in [6.45, 7) is 2.90. The van der Waals surface area contributed by atoms with E-state index in [1.54, 1.807) is 23.0 Å². The van der Waals surface area contributed by atoms with Gasteiger partial charge in [0.05, 0.1) is 11.7 Å². The van der Waals surface area contributed by atoms with E-state index in [9.17, 15) is 4.79 Å². The zero-order valence-corrected chi connectivity index (χ0v) is 8.81. The number of fused-ring (bicyclic) bond motifs is 1. The van der Waals surface area contributed by atoms with Gasteiger partial charge in [-0.1, -0.05) is 13.3 Å². The maximum atomic E-state index is 11.7. The molecule has 0 N–H and O–H groups in total. The number of hydrogen-bond donors (Lipinski definition) is 0. The average Bonchev–Trinajstić information content (AvgIpc) is 2.28. The van der Waals surface area contributed by atoms with Crippen molar-refractivity contribution in [1.82, 2.24) is 9.55 Å². The Bertz CT molecular complexity index is 516. The SMILES string of the molecule is CCCCn1c(=O)ccc2ccncc21. The van der Waals surface area contributed by atoms with Crippen LogP contribution in [0.3, 0.4) is 0 Å². The smallest absolute Gasteiger partial charge is 0.251 e.